The van der Waals surface area contributed by atoms with Crippen molar-refractivity contribution >= 4 is 5.69 Å². The summed E-state index contributed by atoms with van der Waals surface area (Å²) >= 11 is 0. The largest absolute Gasteiger partial charge is 0.371 e. The molecule has 0 spiro atoms. The van der Waals surface area contributed by atoms with Crippen LogP contribution in [0.15, 0.2) is 18.2 Å². The highest BCUT2D eigenvalue weighted by atomic mass is 19.1. The molecule has 1 aromatic carbocycles. The number of anilines is 1. The van der Waals surface area contributed by atoms with E-state index in [1.807, 2.05) is 6.07 Å². The molecule has 0 unspecified atom stereocenters. The van der Waals surface area contributed by atoms with Crippen LogP contribution in [0.1, 0.15) is 25.8 Å². The first-order valence-corrected chi connectivity index (χ1v) is 6.91. The minimum atomic E-state index is -0.126. The molecular weight excluding hydrogens is 227 g/mol. The Kier molecular flexibility index (Phi) is 4.59. The van der Waals surface area contributed by atoms with E-state index in [1.165, 1.54) is 5.56 Å². The molecule has 2 nitrogen and oxygen atoms in total. The fraction of sp³-hybridized carbons (Fsp3) is 0.600. The van der Waals surface area contributed by atoms with Crippen LogP contribution in [0, 0.1) is 11.7 Å². The smallest absolute Gasteiger partial charge is 0.125 e. The molecule has 1 heterocycles. The van der Waals surface area contributed by atoms with Crippen LogP contribution in [-0.4, -0.2) is 26.2 Å². The molecule has 0 atom stereocenters. The van der Waals surface area contributed by atoms with Gasteiger partial charge in [-0.2, -0.15) is 0 Å². The van der Waals surface area contributed by atoms with Gasteiger partial charge in [0.2, 0.25) is 0 Å². The van der Waals surface area contributed by atoms with Gasteiger partial charge < -0.3 is 10.2 Å². The van der Waals surface area contributed by atoms with Gasteiger partial charge in [-0.15, -0.1) is 0 Å². The van der Waals surface area contributed by atoms with Crippen molar-refractivity contribution in [3.63, 3.8) is 0 Å². The quantitative estimate of drug-likeness (QED) is 0.781. The molecule has 1 N–H and O–H groups in total. The lowest BCUT2D eigenvalue weighted by Crippen LogP contribution is -2.27. The molecule has 18 heavy (non-hydrogen) atoms. The molecule has 3 heteroatoms. The summed E-state index contributed by atoms with van der Waals surface area (Å²) in [6.07, 6.45) is 2.16. The number of hydrogen-bond acceptors (Lipinski definition) is 2. The Hall–Kier alpha value is -1.09. The van der Waals surface area contributed by atoms with E-state index in [9.17, 15) is 4.39 Å². The lowest BCUT2D eigenvalue weighted by molar-refractivity contribution is 0.541. The average molecular weight is 250 g/mol. The summed E-state index contributed by atoms with van der Waals surface area (Å²) < 4.78 is 13.2. The molecule has 1 aliphatic rings. The van der Waals surface area contributed by atoms with E-state index < -0.39 is 0 Å². The van der Waals surface area contributed by atoms with Crippen LogP contribution >= 0.6 is 0 Å². The van der Waals surface area contributed by atoms with Gasteiger partial charge in [-0.3, -0.25) is 0 Å². The van der Waals surface area contributed by atoms with E-state index >= 15 is 0 Å². The summed E-state index contributed by atoms with van der Waals surface area (Å²) in [6, 6.07) is 5.15. The Morgan fingerprint density at radius 2 is 2.22 bits per heavy atom. The topological polar surface area (TPSA) is 15.3 Å². The maximum Gasteiger partial charge on any atom is 0.125 e. The van der Waals surface area contributed by atoms with E-state index in [0.29, 0.717) is 5.92 Å². The van der Waals surface area contributed by atoms with Crippen molar-refractivity contribution < 1.29 is 4.39 Å². The van der Waals surface area contributed by atoms with E-state index in [4.69, 9.17) is 0 Å². The SMILES string of the molecule is CC(C)CNCCCN1CCc2ccc(F)cc21. The van der Waals surface area contributed by atoms with Crippen LogP contribution in [0.2, 0.25) is 0 Å². The third-order valence-electron chi connectivity index (χ3n) is 3.37. The van der Waals surface area contributed by atoms with Gasteiger partial charge in [0.05, 0.1) is 0 Å². The molecule has 0 saturated carbocycles. The van der Waals surface area contributed by atoms with Crippen molar-refractivity contribution in [2.75, 3.05) is 31.1 Å². The van der Waals surface area contributed by atoms with Crippen LogP contribution < -0.4 is 10.2 Å². The zero-order valence-corrected chi connectivity index (χ0v) is 11.4. The Labute approximate surface area is 109 Å². The molecule has 0 bridgehead atoms. The number of nitrogens with one attached hydrogen (secondary N) is 1. The van der Waals surface area contributed by atoms with E-state index in [2.05, 4.69) is 24.1 Å². The highest BCUT2D eigenvalue weighted by molar-refractivity contribution is 5.58. The molecule has 2 rings (SSSR count). The number of halogens is 1. The predicted octanol–water partition coefficient (Wildman–Crippen LogP) is 2.82. The van der Waals surface area contributed by atoms with Crippen LogP contribution in [0.5, 0.6) is 0 Å². The molecule has 0 saturated heterocycles. The van der Waals surface area contributed by atoms with Gasteiger partial charge in [0, 0.05) is 18.8 Å². The maximum atomic E-state index is 13.2. The maximum absolute atomic E-state index is 13.2. The molecule has 1 aromatic rings. The molecular formula is C15H23FN2. The summed E-state index contributed by atoms with van der Waals surface area (Å²) in [7, 11) is 0. The average Bonchev–Trinajstić information content (AvgIpc) is 2.71. The fourth-order valence-corrected chi connectivity index (χ4v) is 2.44. The lowest BCUT2D eigenvalue weighted by Gasteiger charge is -2.19. The predicted molar refractivity (Wildman–Crippen MR) is 74.6 cm³/mol. The van der Waals surface area contributed by atoms with Gasteiger partial charge in [0.25, 0.3) is 0 Å². The molecule has 1 aliphatic heterocycles. The highest BCUT2D eigenvalue weighted by Crippen LogP contribution is 2.28. The van der Waals surface area contributed by atoms with Gasteiger partial charge in [-0.05, 0) is 49.5 Å². The van der Waals surface area contributed by atoms with Crippen molar-refractivity contribution in [3.05, 3.63) is 29.6 Å². The van der Waals surface area contributed by atoms with Gasteiger partial charge in [0.15, 0.2) is 0 Å². The van der Waals surface area contributed by atoms with Gasteiger partial charge in [-0.1, -0.05) is 19.9 Å². The zero-order chi connectivity index (χ0) is 13.0. The van der Waals surface area contributed by atoms with Gasteiger partial charge in [-0.25, -0.2) is 4.39 Å². The minimum Gasteiger partial charge on any atom is -0.371 e. The molecule has 0 amide bonds. The van der Waals surface area contributed by atoms with Crippen molar-refractivity contribution in [1.29, 1.82) is 0 Å². The summed E-state index contributed by atoms with van der Waals surface area (Å²) in [5, 5.41) is 3.44. The van der Waals surface area contributed by atoms with E-state index in [1.54, 1.807) is 12.1 Å². The fourth-order valence-electron chi connectivity index (χ4n) is 2.44. The van der Waals surface area contributed by atoms with E-state index in [-0.39, 0.29) is 5.82 Å². The Morgan fingerprint density at radius 1 is 1.39 bits per heavy atom. The number of nitrogens with zero attached hydrogens (tertiary/aromatic N) is 1. The molecule has 0 radical (unpaired) electrons. The van der Waals surface area contributed by atoms with Gasteiger partial charge >= 0.3 is 0 Å². The number of hydrogen-bond donors (Lipinski definition) is 1. The Balaban J connectivity index is 1.77. The summed E-state index contributed by atoms with van der Waals surface area (Å²) in [5.41, 5.74) is 2.38. The third kappa shape index (κ3) is 3.45. The summed E-state index contributed by atoms with van der Waals surface area (Å²) in [6.45, 7) is 8.59. The number of benzene rings is 1. The third-order valence-corrected chi connectivity index (χ3v) is 3.37. The van der Waals surface area contributed by atoms with Crippen LogP contribution in [0.4, 0.5) is 10.1 Å². The van der Waals surface area contributed by atoms with Crippen LogP contribution in [0.25, 0.3) is 0 Å². The van der Waals surface area contributed by atoms with E-state index in [0.717, 1.165) is 44.7 Å². The second-order valence-electron chi connectivity index (χ2n) is 5.46. The highest BCUT2D eigenvalue weighted by Gasteiger charge is 2.18. The number of rotatable bonds is 6. The van der Waals surface area contributed by atoms with Crippen molar-refractivity contribution in [3.8, 4) is 0 Å². The van der Waals surface area contributed by atoms with Crippen LogP contribution in [0.3, 0.4) is 0 Å². The lowest BCUT2D eigenvalue weighted by atomic mass is 10.2. The second-order valence-corrected chi connectivity index (χ2v) is 5.46. The standard InChI is InChI=1S/C15H23FN2/c1-12(2)11-17-7-3-8-18-9-6-13-4-5-14(16)10-15(13)18/h4-5,10,12,17H,3,6-9,11H2,1-2H3. The van der Waals surface area contributed by atoms with Crippen LogP contribution in [-0.2, 0) is 6.42 Å². The molecule has 100 valence electrons. The normalized spacial score (nSPS) is 14.3. The summed E-state index contributed by atoms with van der Waals surface area (Å²) in [5.74, 6) is 0.574. The van der Waals surface area contributed by atoms with Crippen molar-refractivity contribution in [2.24, 2.45) is 5.92 Å². The second kappa shape index (κ2) is 6.19. The summed E-state index contributed by atoms with van der Waals surface area (Å²) in [4.78, 5) is 2.30. The van der Waals surface area contributed by atoms with Crippen molar-refractivity contribution in [2.45, 2.75) is 26.7 Å². The first-order valence-electron chi connectivity index (χ1n) is 6.91. The number of fused-ring (bicyclic) bond motifs is 1. The minimum absolute atomic E-state index is 0.126. The molecule has 0 aliphatic carbocycles. The Morgan fingerprint density at radius 3 is 3.00 bits per heavy atom. The first kappa shape index (κ1) is 13.3. The van der Waals surface area contributed by atoms with Gasteiger partial charge in [0.1, 0.15) is 5.82 Å². The van der Waals surface area contributed by atoms with Crippen molar-refractivity contribution in [1.82, 2.24) is 5.32 Å². The monoisotopic (exact) mass is 250 g/mol. The Bertz CT molecular complexity index is 390. The molecule has 0 fully saturated rings. The first-order chi connectivity index (χ1) is 8.66. The zero-order valence-electron chi connectivity index (χ0n) is 11.4. The molecule has 0 aromatic heterocycles.